The molecule has 0 spiro atoms. The monoisotopic (exact) mass is 667 g/mol. The maximum absolute atomic E-state index is 14.7. The third-order valence-corrected chi connectivity index (χ3v) is 8.94. The highest BCUT2D eigenvalue weighted by Crippen LogP contribution is 2.30. The van der Waals surface area contributed by atoms with Crippen molar-refractivity contribution >= 4 is 11.8 Å². The average molecular weight is 668 g/mol. The lowest BCUT2D eigenvalue weighted by Gasteiger charge is -2.28. The van der Waals surface area contributed by atoms with E-state index in [1.54, 1.807) is 27.2 Å². The molecule has 11 heteroatoms. The molecule has 0 unspecified atom stereocenters. The SMILES string of the molecule is COCCCOc1cccc(-n2c(-c3ccccc3)c(C(=O)N3CCNCC3)n(Cc3cccc(OCC(=O)N4CCCCC4)c3)c2=O)c1. The fraction of sp³-hybridized carbons (Fsp3) is 0.395. The highest BCUT2D eigenvalue weighted by molar-refractivity contribution is 5.99. The quantitative estimate of drug-likeness (QED) is 0.213. The second-order valence-electron chi connectivity index (χ2n) is 12.4. The number of carbonyl (C=O) groups excluding carboxylic acids is 2. The Morgan fingerprint density at radius 3 is 2.27 bits per heavy atom. The molecule has 6 rings (SSSR count). The van der Waals surface area contributed by atoms with Gasteiger partial charge >= 0.3 is 5.69 Å². The molecule has 49 heavy (non-hydrogen) atoms. The summed E-state index contributed by atoms with van der Waals surface area (Å²) in [7, 11) is 1.66. The molecule has 0 aliphatic carbocycles. The summed E-state index contributed by atoms with van der Waals surface area (Å²) in [6.07, 6.45) is 3.90. The number of hydrogen-bond donors (Lipinski definition) is 1. The Kier molecular flexibility index (Phi) is 11.4. The molecule has 1 N–H and O–H groups in total. The Hall–Kier alpha value is -4.87. The van der Waals surface area contributed by atoms with Gasteiger partial charge in [-0.1, -0.05) is 48.5 Å². The van der Waals surface area contributed by atoms with Gasteiger partial charge in [0.15, 0.2) is 6.61 Å². The lowest BCUT2D eigenvalue weighted by atomic mass is 10.1. The number of benzene rings is 3. The lowest BCUT2D eigenvalue weighted by Crippen LogP contribution is -2.47. The van der Waals surface area contributed by atoms with Crippen LogP contribution in [0.15, 0.2) is 83.7 Å². The van der Waals surface area contributed by atoms with Crippen LogP contribution in [0, 0.1) is 0 Å². The summed E-state index contributed by atoms with van der Waals surface area (Å²) in [6, 6.07) is 24.3. The van der Waals surface area contributed by atoms with Crippen molar-refractivity contribution in [2.75, 3.05) is 66.2 Å². The van der Waals surface area contributed by atoms with Gasteiger partial charge in [-0.25, -0.2) is 4.79 Å². The first-order valence-corrected chi connectivity index (χ1v) is 17.2. The first-order chi connectivity index (χ1) is 24.0. The van der Waals surface area contributed by atoms with E-state index in [9.17, 15) is 14.4 Å². The lowest BCUT2D eigenvalue weighted by molar-refractivity contribution is -0.134. The normalized spacial score (nSPS) is 14.9. The molecule has 2 aliphatic heterocycles. The van der Waals surface area contributed by atoms with Gasteiger partial charge in [-0.2, -0.15) is 0 Å². The van der Waals surface area contributed by atoms with Crippen LogP contribution in [-0.2, 0) is 16.1 Å². The smallest absolute Gasteiger partial charge is 0.334 e. The van der Waals surface area contributed by atoms with Gasteiger partial charge in [0.2, 0.25) is 0 Å². The number of methoxy groups -OCH3 is 1. The van der Waals surface area contributed by atoms with E-state index >= 15 is 0 Å². The number of rotatable bonds is 13. The number of imidazole rings is 1. The summed E-state index contributed by atoms with van der Waals surface area (Å²) in [6.45, 7) is 5.07. The summed E-state index contributed by atoms with van der Waals surface area (Å²) in [5.41, 5.74) is 2.60. The number of ether oxygens (including phenoxy) is 3. The number of nitrogens with zero attached hydrogens (tertiary/aromatic N) is 4. The van der Waals surface area contributed by atoms with Gasteiger partial charge in [-0.15, -0.1) is 0 Å². The predicted octanol–water partition coefficient (Wildman–Crippen LogP) is 4.21. The van der Waals surface area contributed by atoms with Crippen molar-refractivity contribution in [3.05, 3.63) is 101 Å². The molecule has 2 fully saturated rings. The largest absolute Gasteiger partial charge is 0.493 e. The standard InChI is InChI=1S/C38H45N5O6/c1-47-23-10-24-48-33-16-9-14-31(26-33)43-35(30-12-4-2-5-13-30)36(37(45)41-21-17-39-18-22-41)42(38(43)46)27-29-11-8-15-32(25-29)49-28-34(44)40-19-6-3-7-20-40/h2,4-5,8-9,11-16,25-26,39H,3,6-7,10,17-24,27-28H2,1H3. The average Bonchev–Trinajstić information content (AvgIpc) is 3.44. The van der Waals surface area contributed by atoms with E-state index < -0.39 is 0 Å². The molecule has 1 aromatic heterocycles. The van der Waals surface area contributed by atoms with Gasteiger partial charge in [0.1, 0.15) is 17.2 Å². The maximum atomic E-state index is 14.7. The van der Waals surface area contributed by atoms with Crippen molar-refractivity contribution in [1.82, 2.24) is 24.3 Å². The Morgan fingerprint density at radius 1 is 0.776 bits per heavy atom. The van der Waals surface area contributed by atoms with Crippen LogP contribution in [0.5, 0.6) is 11.5 Å². The van der Waals surface area contributed by atoms with Crippen molar-refractivity contribution in [2.45, 2.75) is 32.2 Å². The second-order valence-corrected chi connectivity index (χ2v) is 12.4. The van der Waals surface area contributed by atoms with Crippen LogP contribution in [0.4, 0.5) is 0 Å². The Morgan fingerprint density at radius 2 is 1.51 bits per heavy atom. The minimum Gasteiger partial charge on any atom is -0.493 e. The molecule has 0 saturated carbocycles. The van der Waals surface area contributed by atoms with Gasteiger partial charge < -0.3 is 29.3 Å². The summed E-state index contributed by atoms with van der Waals surface area (Å²) < 4.78 is 20.3. The van der Waals surface area contributed by atoms with Crippen LogP contribution in [-0.4, -0.2) is 96.9 Å². The van der Waals surface area contributed by atoms with Gasteiger partial charge in [0, 0.05) is 71.0 Å². The molecular weight excluding hydrogens is 622 g/mol. The number of carbonyl (C=O) groups is 2. The summed E-state index contributed by atoms with van der Waals surface area (Å²) >= 11 is 0. The first-order valence-electron chi connectivity index (χ1n) is 17.2. The molecule has 0 atom stereocenters. The van der Waals surface area contributed by atoms with Crippen LogP contribution in [0.1, 0.15) is 41.7 Å². The molecule has 4 aromatic rings. The number of hydrogen-bond acceptors (Lipinski definition) is 7. The van der Waals surface area contributed by atoms with Crippen molar-refractivity contribution in [3.8, 4) is 28.4 Å². The Bertz CT molecular complexity index is 1770. The number of aromatic nitrogens is 2. The molecule has 2 aliphatic rings. The van der Waals surface area contributed by atoms with Gasteiger partial charge in [0.05, 0.1) is 24.5 Å². The summed E-state index contributed by atoms with van der Waals surface area (Å²) in [5, 5.41) is 3.31. The molecule has 0 radical (unpaired) electrons. The first kappa shape index (κ1) is 34.0. The molecule has 2 amide bonds. The van der Waals surface area contributed by atoms with E-state index in [0.29, 0.717) is 68.0 Å². The highest BCUT2D eigenvalue weighted by atomic mass is 16.5. The fourth-order valence-corrected chi connectivity index (χ4v) is 6.43. The topological polar surface area (TPSA) is 107 Å². The van der Waals surface area contributed by atoms with Crippen molar-refractivity contribution in [1.29, 1.82) is 0 Å². The zero-order valence-corrected chi connectivity index (χ0v) is 28.1. The Balaban J connectivity index is 1.39. The molecule has 258 valence electrons. The zero-order valence-electron chi connectivity index (χ0n) is 28.1. The number of piperidine rings is 1. The van der Waals surface area contributed by atoms with Crippen molar-refractivity contribution in [2.24, 2.45) is 0 Å². The molecule has 2 saturated heterocycles. The van der Waals surface area contributed by atoms with Gasteiger partial charge in [-0.3, -0.25) is 18.7 Å². The van der Waals surface area contributed by atoms with Crippen LogP contribution < -0.4 is 20.5 Å². The molecule has 11 nitrogen and oxygen atoms in total. The number of likely N-dealkylation sites (tertiary alicyclic amines) is 1. The molecule has 3 heterocycles. The van der Waals surface area contributed by atoms with E-state index in [-0.39, 0.29) is 30.7 Å². The zero-order chi connectivity index (χ0) is 34.0. The van der Waals surface area contributed by atoms with Crippen molar-refractivity contribution < 1.29 is 23.8 Å². The van der Waals surface area contributed by atoms with Crippen LogP contribution in [0.25, 0.3) is 16.9 Å². The van der Waals surface area contributed by atoms with Gasteiger partial charge in [0.25, 0.3) is 11.8 Å². The Labute approximate surface area is 287 Å². The van der Waals surface area contributed by atoms with Crippen molar-refractivity contribution in [3.63, 3.8) is 0 Å². The van der Waals surface area contributed by atoms with E-state index in [2.05, 4.69) is 5.32 Å². The van der Waals surface area contributed by atoms with Gasteiger partial charge in [-0.05, 0) is 49.1 Å². The third kappa shape index (κ3) is 8.23. The minimum atomic E-state index is -0.347. The van der Waals surface area contributed by atoms with Crippen LogP contribution in [0.3, 0.4) is 0 Å². The third-order valence-electron chi connectivity index (χ3n) is 8.94. The maximum Gasteiger partial charge on any atom is 0.334 e. The molecular formula is C38H45N5O6. The van der Waals surface area contributed by atoms with E-state index in [4.69, 9.17) is 14.2 Å². The van der Waals surface area contributed by atoms with E-state index in [1.165, 1.54) is 0 Å². The molecule has 3 aromatic carbocycles. The summed E-state index contributed by atoms with van der Waals surface area (Å²) in [5.74, 6) is 0.917. The second kappa shape index (κ2) is 16.5. The fourth-order valence-electron chi connectivity index (χ4n) is 6.43. The van der Waals surface area contributed by atoms with E-state index in [1.807, 2.05) is 77.7 Å². The number of piperazine rings is 1. The number of amides is 2. The number of nitrogens with one attached hydrogen (secondary N) is 1. The minimum absolute atomic E-state index is 0.0280. The predicted molar refractivity (Wildman–Crippen MR) is 188 cm³/mol. The summed E-state index contributed by atoms with van der Waals surface area (Å²) in [4.78, 5) is 45.6. The van der Waals surface area contributed by atoms with Crippen LogP contribution in [0.2, 0.25) is 0 Å². The highest BCUT2D eigenvalue weighted by Gasteiger charge is 2.31. The van der Waals surface area contributed by atoms with Crippen LogP contribution >= 0.6 is 0 Å². The van der Waals surface area contributed by atoms with E-state index in [0.717, 1.165) is 49.9 Å². The molecule has 0 bridgehead atoms.